The molecule has 1 aliphatic heterocycles. The van der Waals surface area contributed by atoms with Crippen molar-refractivity contribution >= 4 is 5.91 Å². The molecule has 0 aromatic heterocycles. The molecule has 1 amide bonds. The lowest BCUT2D eigenvalue weighted by Crippen LogP contribution is -2.40. The molecule has 3 rings (SSSR count). The molecule has 7 heteroatoms. The number of hydrogen-bond acceptors (Lipinski definition) is 3. The number of nitrogens with zero attached hydrogens (tertiary/aromatic N) is 1. The molecule has 1 saturated carbocycles. The van der Waals surface area contributed by atoms with E-state index in [0.717, 1.165) is 70.6 Å². The van der Waals surface area contributed by atoms with E-state index in [1.165, 1.54) is 0 Å². The summed E-state index contributed by atoms with van der Waals surface area (Å²) in [6.07, 6.45) is 6.88. The number of ether oxygens (including phenoxy) is 1. The summed E-state index contributed by atoms with van der Waals surface area (Å²) in [7, 11) is 0. The van der Waals surface area contributed by atoms with Gasteiger partial charge in [-0.15, -0.1) is 0 Å². The maximum atomic E-state index is 13.7. The van der Waals surface area contributed by atoms with Gasteiger partial charge < -0.3 is 15.0 Å². The summed E-state index contributed by atoms with van der Waals surface area (Å²) in [6.45, 7) is 4.32. The number of nitrogens with one attached hydrogen (secondary N) is 1. The number of benzene rings is 1. The molecule has 2 fully saturated rings. The van der Waals surface area contributed by atoms with Crippen molar-refractivity contribution in [1.29, 1.82) is 0 Å². The van der Waals surface area contributed by atoms with Gasteiger partial charge in [0.25, 0.3) is 0 Å². The van der Waals surface area contributed by atoms with Crippen molar-refractivity contribution in [1.82, 2.24) is 10.2 Å². The summed E-state index contributed by atoms with van der Waals surface area (Å²) in [6, 6.07) is 1.65. The molecule has 28 heavy (non-hydrogen) atoms. The van der Waals surface area contributed by atoms with Crippen molar-refractivity contribution in [3.8, 4) is 5.75 Å². The molecule has 4 nitrogen and oxygen atoms in total. The molecular weight excluding hydrogens is 369 g/mol. The lowest BCUT2D eigenvalue weighted by molar-refractivity contribution is -0.119. The summed E-state index contributed by atoms with van der Waals surface area (Å²) in [5, 5.41) is 3.01. The molecule has 1 aliphatic carbocycles. The largest absolute Gasteiger partial charge is 0.487 e. The summed E-state index contributed by atoms with van der Waals surface area (Å²) in [5.41, 5.74) is 0. The van der Waals surface area contributed by atoms with E-state index in [0.29, 0.717) is 18.0 Å². The van der Waals surface area contributed by atoms with E-state index in [4.69, 9.17) is 4.74 Å². The molecule has 1 N–H and O–H groups in total. The average Bonchev–Trinajstić information content (AvgIpc) is 2.66. The monoisotopic (exact) mass is 398 g/mol. The van der Waals surface area contributed by atoms with Gasteiger partial charge >= 0.3 is 0 Å². The van der Waals surface area contributed by atoms with Gasteiger partial charge in [-0.25, -0.2) is 13.2 Å². The van der Waals surface area contributed by atoms with Gasteiger partial charge in [0, 0.05) is 38.2 Å². The van der Waals surface area contributed by atoms with E-state index in [1.807, 2.05) is 0 Å². The maximum Gasteiger partial charge on any atom is 0.217 e. The van der Waals surface area contributed by atoms with Crippen LogP contribution >= 0.6 is 0 Å². The number of piperidine rings is 1. The lowest BCUT2D eigenvalue weighted by atomic mass is 9.84. The number of amides is 1. The minimum atomic E-state index is -1.20. The summed E-state index contributed by atoms with van der Waals surface area (Å²) in [4.78, 5) is 13.5. The van der Waals surface area contributed by atoms with Gasteiger partial charge in [0.05, 0.1) is 0 Å². The lowest BCUT2D eigenvalue weighted by Gasteiger charge is -2.34. The van der Waals surface area contributed by atoms with Crippen LogP contribution < -0.4 is 10.1 Å². The number of carbonyl (C=O) groups is 1. The second-order valence-electron chi connectivity index (χ2n) is 8.06. The summed E-state index contributed by atoms with van der Waals surface area (Å²) < 4.78 is 45.6. The smallest absolute Gasteiger partial charge is 0.217 e. The number of likely N-dealkylation sites (tertiary alicyclic amines) is 1. The Labute approximate surface area is 164 Å². The zero-order valence-corrected chi connectivity index (χ0v) is 16.4. The molecule has 1 saturated heterocycles. The van der Waals surface area contributed by atoms with Gasteiger partial charge in [-0.2, -0.15) is 0 Å². The Bertz CT molecular complexity index is 670. The van der Waals surface area contributed by atoms with Crippen LogP contribution in [0.15, 0.2) is 12.1 Å². The van der Waals surface area contributed by atoms with E-state index in [1.54, 1.807) is 6.92 Å². The minimum absolute atomic E-state index is 0.0526. The highest BCUT2D eigenvalue weighted by molar-refractivity contribution is 5.73. The van der Waals surface area contributed by atoms with E-state index >= 15 is 0 Å². The summed E-state index contributed by atoms with van der Waals surface area (Å²) in [5.74, 6) is -2.62. The Morgan fingerprint density at radius 3 is 2.32 bits per heavy atom. The zero-order chi connectivity index (χ0) is 20.1. The molecule has 0 radical (unpaired) electrons. The molecular formula is C21H29F3N2O2. The first-order valence-electron chi connectivity index (χ1n) is 10.2. The predicted molar refractivity (Wildman–Crippen MR) is 101 cm³/mol. The van der Waals surface area contributed by atoms with E-state index < -0.39 is 17.5 Å². The van der Waals surface area contributed by atoms with Gasteiger partial charge in [0.1, 0.15) is 6.10 Å². The van der Waals surface area contributed by atoms with Gasteiger partial charge in [-0.05, 0) is 57.4 Å². The summed E-state index contributed by atoms with van der Waals surface area (Å²) >= 11 is 0. The van der Waals surface area contributed by atoms with Crippen LogP contribution in [0, 0.1) is 23.4 Å². The fourth-order valence-corrected chi connectivity index (χ4v) is 4.27. The third-order valence-electron chi connectivity index (χ3n) is 5.91. The second kappa shape index (κ2) is 9.63. The predicted octanol–water partition coefficient (Wildman–Crippen LogP) is 4.03. The minimum Gasteiger partial charge on any atom is -0.487 e. The van der Waals surface area contributed by atoms with Crippen molar-refractivity contribution in [3.05, 3.63) is 29.6 Å². The van der Waals surface area contributed by atoms with Gasteiger partial charge in [0.15, 0.2) is 23.2 Å². The quantitative estimate of drug-likeness (QED) is 0.736. The van der Waals surface area contributed by atoms with Crippen LogP contribution in [0.1, 0.15) is 51.9 Å². The Morgan fingerprint density at radius 1 is 1.04 bits per heavy atom. The molecule has 1 aromatic carbocycles. The van der Waals surface area contributed by atoms with Crippen molar-refractivity contribution in [2.45, 2.75) is 64.0 Å². The molecule has 1 heterocycles. The Kier molecular flexibility index (Phi) is 7.21. The molecule has 0 spiro atoms. The molecule has 1 aromatic rings. The van der Waals surface area contributed by atoms with Crippen LogP contribution in [0.2, 0.25) is 0 Å². The third kappa shape index (κ3) is 5.87. The molecule has 0 atom stereocenters. The van der Waals surface area contributed by atoms with Crippen molar-refractivity contribution < 1.29 is 22.7 Å². The first kappa shape index (κ1) is 21.0. The van der Waals surface area contributed by atoms with E-state index in [2.05, 4.69) is 10.2 Å². The number of halogens is 3. The molecule has 2 aliphatic rings. The third-order valence-corrected chi connectivity index (χ3v) is 5.91. The van der Waals surface area contributed by atoms with E-state index in [-0.39, 0.29) is 17.8 Å². The Hall–Kier alpha value is -1.76. The standard InChI is InChI=1S/C21H29F3N2O2/c1-14(27)25-16-4-2-15(3-5-16)6-9-26-10-7-17(8-11-26)28-21-13-19(23)18(22)12-20(21)24/h12-13,15-17H,2-11H2,1H3,(H,25,27). The van der Waals surface area contributed by atoms with Gasteiger partial charge in [0.2, 0.25) is 5.91 Å². The second-order valence-corrected chi connectivity index (χ2v) is 8.06. The zero-order valence-electron chi connectivity index (χ0n) is 16.4. The van der Waals surface area contributed by atoms with Gasteiger partial charge in [-0.3, -0.25) is 4.79 Å². The molecule has 156 valence electrons. The fourth-order valence-electron chi connectivity index (χ4n) is 4.27. The Balaban J connectivity index is 1.36. The number of rotatable bonds is 6. The van der Waals surface area contributed by atoms with Crippen molar-refractivity contribution in [2.75, 3.05) is 19.6 Å². The van der Waals surface area contributed by atoms with Crippen molar-refractivity contribution in [3.63, 3.8) is 0 Å². The maximum absolute atomic E-state index is 13.7. The topological polar surface area (TPSA) is 41.6 Å². The van der Waals surface area contributed by atoms with E-state index in [9.17, 15) is 18.0 Å². The van der Waals surface area contributed by atoms with Crippen LogP contribution in [0.3, 0.4) is 0 Å². The highest BCUT2D eigenvalue weighted by atomic mass is 19.2. The first-order chi connectivity index (χ1) is 13.4. The first-order valence-corrected chi connectivity index (χ1v) is 10.2. The van der Waals surface area contributed by atoms with Crippen LogP contribution in [0.5, 0.6) is 5.75 Å². The van der Waals surface area contributed by atoms with Crippen LogP contribution in [0.4, 0.5) is 13.2 Å². The fraction of sp³-hybridized carbons (Fsp3) is 0.667. The van der Waals surface area contributed by atoms with Crippen LogP contribution in [-0.4, -0.2) is 42.6 Å². The Morgan fingerprint density at radius 2 is 1.68 bits per heavy atom. The van der Waals surface area contributed by atoms with Gasteiger partial charge in [-0.1, -0.05) is 0 Å². The number of hydrogen-bond donors (Lipinski definition) is 1. The van der Waals surface area contributed by atoms with Crippen LogP contribution in [-0.2, 0) is 4.79 Å². The highest BCUT2D eigenvalue weighted by Gasteiger charge is 2.25. The number of carbonyl (C=O) groups excluding carboxylic acids is 1. The SMILES string of the molecule is CC(=O)NC1CCC(CCN2CCC(Oc3cc(F)c(F)cc3F)CC2)CC1. The highest BCUT2D eigenvalue weighted by Crippen LogP contribution is 2.28. The average molecular weight is 398 g/mol. The molecule has 0 bridgehead atoms. The molecule has 0 unspecified atom stereocenters. The van der Waals surface area contributed by atoms with Crippen molar-refractivity contribution in [2.24, 2.45) is 5.92 Å². The normalized spacial score (nSPS) is 24.1. The van der Waals surface area contributed by atoms with Crippen LogP contribution in [0.25, 0.3) is 0 Å².